The van der Waals surface area contributed by atoms with E-state index in [4.69, 9.17) is 0 Å². The van der Waals surface area contributed by atoms with Crippen LogP contribution in [-0.2, 0) is 6.42 Å². The van der Waals surface area contributed by atoms with Crippen molar-refractivity contribution in [2.75, 3.05) is 38.6 Å². The smallest absolute Gasteiger partial charge is 0.251 e. The van der Waals surface area contributed by atoms with Crippen LogP contribution in [0.5, 0.6) is 0 Å². The first-order valence-electron chi connectivity index (χ1n) is 7.99. The summed E-state index contributed by atoms with van der Waals surface area (Å²) in [6, 6.07) is 18.0. The van der Waals surface area contributed by atoms with E-state index in [1.54, 1.807) is 0 Å². The van der Waals surface area contributed by atoms with Crippen LogP contribution in [-0.4, -0.2) is 39.6 Å². The first kappa shape index (κ1) is 17.0. The molecule has 0 heterocycles. The molecule has 0 aliphatic heterocycles. The van der Waals surface area contributed by atoms with E-state index < -0.39 is 0 Å². The van der Waals surface area contributed by atoms with E-state index >= 15 is 0 Å². The summed E-state index contributed by atoms with van der Waals surface area (Å²) in [6.45, 7) is 2.25. The van der Waals surface area contributed by atoms with Gasteiger partial charge in [0.2, 0.25) is 0 Å². The fourth-order valence-electron chi connectivity index (χ4n) is 2.46. The van der Waals surface area contributed by atoms with Gasteiger partial charge >= 0.3 is 0 Å². The number of rotatable bonds is 8. The van der Waals surface area contributed by atoms with Crippen molar-refractivity contribution in [3.8, 4) is 0 Å². The van der Waals surface area contributed by atoms with Crippen LogP contribution in [0.2, 0.25) is 0 Å². The Morgan fingerprint density at radius 3 is 2.43 bits per heavy atom. The topological polar surface area (TPSA) is 44.4 Å². The Morgan fingerprint density at radius 2 is 1.70 bits per heavy atom. The van der Waals surface area contributed by atoms with E-state index in [1.807, 2.05) is 56.6 Å². The monoisotopic (exact) mass is 311 g/mol. The molecule has 0 saturated carbocycles. The Balaban J connectivity index is 1.88. The summed E-state index contributed by atoms with van der Waals surface area (Å²) in [7, 11) is 3.95. The number of carbonyl (C=O) groups excluding carboxylic acids is 1. The van der Waals surface area contributed by atoms with Gasteiger partial charge in [0, 0.05) is 31.4 Å². The Morgan fingerprint density at radius 1 is 1.00 bits per heavy atom. The first-order chi connectivity index (χ1) is 11.2. The Bertz CT molecular complexity index is 613. The molecular weight excluding hydrogens is 286 g/mol. The third-order valence-electron chi connectivity index (χ3n) is 3.84. The summed E-state index contributed by atoms with van der Waals surface area (Å²) in [6.07, 6.45) is 0.851. The number of anilines is 1. The molecule has 2 rings (SSSR count). The molecule has 0 bridgehead atoms. The summed E-state index contributed by atoms with van der Waals surface area (Å²) < 4.78 is 0. The lowest BCUT2D eigenvalue weighted by Gasteiger charge is -2.19. The van der Waals surface area contributed by atoms with Crippen LogP contribution in [0, 0.1) is 0 Å². The average molecular weight is 311 g/mol. The van der Waals surface area contributed by atoms with Crippen LogP contribution < -0.4 is 15.5 Å². The Kier molecular flexibility index (Phi) is 6.63. The average Bonchev–Trinajstić information content (AvgIpc) is 2.60. The lowest BCUT2D eigenvalue weighted by molar-refractivity contribution is 0.0954. The molecule has 2 aromatic rings. The second kappa shape index (κ2) is 8.96. The number of nitrogens with zero attached hydrogens (tertiary/aromatic N) is 1. The predicted molar refractivity (Wildman–Crippen MR) is 96.1 cm³/mol. The third kappa shape index (κ3) is 5.11. The lowest BCUT2D eigenvalue weighted by atomic mass is 10.0. The molecule has 122 valence electrons. The van der Waals surface area contributed by atoms with E-state index in [9.17, 15) is 4.79 Å². The molecule has 0 saturated heterocycles. The maximum absolute atomic E-state index is 12.4. The van der Waals surface area contributed by atoms with E-state index in [2.05, 4.69) is 27.7 Å². The molecule has 2 aromatic carbocycles. The number of nitrogens with one attached hydrogen (secondary N) is 2. The minimum atomic E-state index is -0.00170. The van der Waals surface area contributed by atoms with Crippen molar-refractivity contribution in [3.63, 3.8) is 0 Å². The van der Waals surface area contributed by atoms with Crippen LogP contribution in [0.4, 0.5) is 5.69 Å². The molecule has 0 unspecified atom stereocenters. The van der Waals surface area contributed by atoms with E-state index in [-0.39, 0.29) is 5.91 Å². The molecule has 0 atom stereocenters. The highest BCUT2D eigenvalue weighted by molar-refractivity contribution is 5.95. The molecule has 0 aliphatic carbocycles. The quantitative estimate of drug-likeness (QED) is 0.786. The van der Waals surface area contributed by atoms with Gasteiger partial charge in [0.15, 0.2) is 0 Å². The molecule has 1 amide bonds. The van der Waals surface area contributed by atoms with E-state index in [1.165, 1.54) is 0 Å². The third-order valence-corrected chi connectivity index (χ3v) is 3.84. The zero-order valence-electron chi connectivity index (χ0n) is 13.9. The van der Waals surface area contributed by atoms with Crippen molar-refractivity contribution < 1.29 is 4.79 Å². The summed E-state index contributed by atoms with van der Waals surface area (Å²) in [4.78, 5) is 14.5. The van der Waals surface area contributed by atoms with Gasteiger partial charge in [0.1, 0.15) is 0 Å². The molecule has 0 fully saturated rings. The Hall–Kier alpha value is -2.33. The highest BCUT2D eigenvalue weighted by Gasteiger charge is 2.10. The molecular formula is C19H25N3O. The van der Waals surface area contributed by atoms with Gasteiger partial charge < -0.3 is 15.5 Å². The molecule has 0 aromatic heterocycles. The van der Waals surface area contributed by atoms with Gasteiger partial charge in [-0.3, -0.25) is 4.79 Å². The maximum atomic E-state index is 12.4. The number of likely N-dealkylation sites (N-methyl/N-ethyl adjacent to an activating group) is 2. The van der Waals surface area contributed by atoms with Gasteiger partial charge in [0.05, 0.1) is 0 Å². The zero-order valence-corrected chi connectivity index (χ0v) is 13.9. The first-order valence-corrected chi connectivity index (χ1v) is 7.99. The molecule has 23 heavy (non-hydrogen) atoms. The van der Waals surface area contributed by atoms with Crippen LogP contribution in [0.25, 0.3) is 0 Å². The van der Waals surface area contributed by atoms with Gasteiger partial charge in [0.25, 0.3) is 5.91 Å². The van der Waals surface area contributed by atoms with Gasteiger partial charge in [-0.05, 0) is 43.8 Å². The minimum Gasteiger partial charge on any atom is -0.373 e. The van der Waals surface area contributed by atoms with Crippen LogP contribution in [0.3, 0.4) is 0 Å². The number of benzene rings is 2. The van der Waals surface area contributed by atoms with E-state index in [0.29, 0.717) is 6.54 Å². The van der Waals surface area contributed by atoms with Crippen molar-refractivity contribution >= 4 is 11.6 Å². The molecule has 4 nitrogen and oxygen atoms in total. The summed E-state index contributed by atoms with van der Waals surface area (Å²) in [5.41, 5.74) is 3.00. The zero-order chi connectivity index (χ0) is 16.5. The number of carbonyl (C=O) groups is 1. The summed E-state index contributed by atoms with van der Waals surface area (Å²) >= 11 is 0. The highest BCUT2D eigenvalue weighted by atomic mass is 16.1. The molecule has 0 spiro atoms. The molecule has 0 aliphatic rings. The number of hydrogen-bond donors (Lipinski definition) is 2. The van der Waals surface area contributed by atoms with Crippen molar-refractivity contribution in [2.45, 2.75) is 6.42 Å². The van der Waals surface area contributed by atoms with Crippen molar-refractivity contribution in [1.82, 2.24) is 10.6 Å². The highest BCUT2D eigenvalue weighted by Crippen LogP contribution is 2.11. The fraction of sp³-hybridized carbons (Fsp3) is 0.316. The largest absolute Gasteiger partial charge is 0.373 e. The number of hydrogen-bond acceptors (Lipinski definition) is 3. The normalized spacial score (nSPS) is 10.3. The standard InChI is InChI=1S/C19H25N3O/c1-20-13-12-16-8-6-7-11-18(16)19(23)21-14-15-22(2)17-9-4-3-5-10-17/h3-11,20H,12-15H2,1-2H3,(H,21,23). The van der Waals surface area contributed by atoms with Crippen LogP contribution >= 0.6 is 0 Å². The van der Waals surface area contributed by atoms with Gasteiger partial charge in [-0.2, -0.15) is 0 Å². The SMILES string of the molecule is CNCCc1ccccc1C(=O)NCCN(C)c1ccccc1. The Labute approximate surface area is 138 Å². The minimum absolute atomic E-state index is 0.00170. The number of para-hydroxylation sites is 1. The van der Waals surface area contributed by atoms with Gasteiger partial charge in [-0.15, -0.1) is 0 Å². The molecule has 2 N–H and O–H groups in total. The van der Waals surface area contributed by atoms with Crippen molar-refractivity contribution in [3.05, 3.63) is 65.7 Å². The predicted octanol–water partition coefficient (Wildman–Crippen LogP) is 2.31. The number of amides is 1. The van der Waals surface area contributed by atoms with Crippen LogP contribution in [0.1, 0.15) is 15.9 Å². The second-order valence-corrected chi connectivity index (χ2v) is 5.52. The maximum Gasteiger partial charge on any atom is 0.251 e. The van der Waals surface area contributed by atoms with Crippen molar-refractivity contribution in [1.29, 1.82) is 0 Å². The van der Waals surface area contributed by atoms with E-state index in [0.717, 1.165) is 36.3 Å². The lowest BCUT2D eigenvalue weighted by Crippen LogP contribution is -2.33. The molecule has 0 radical (unpaired) electrons. The van der Waals surface area contributed by atoms with Crippen molar-refractivity contribution in [2.24, 2.45) is 0 Å². The molecule has 4 heteroatoms. The van der Waals surface area contributed by atoms with Crippen LogP contribution in [0.15, 0.2) is 54.6 Å². The second-order valence-electron chi connectivity index (χ2n) is 5.52. The van der Waals surface area contributed by atoms with Gasteiger partial charge in [-0.25, -0.2) is 0 Å². The van der Waals surface area contributed by atoms with Gasteiger partial charge in [-0.1, -0.05) is 36.4 Å². The summed E-state index contributed by atoms with van der Waals surface area (Å²) in [5, 5.41) is 6.14. The summed E-state index contributed by atoms with van der Waals surface area (Å²) in [5.74, 6) is -0.00170. The fourth-order valence-corrected chi connectivity index (χ4v) is 2.46.